The minimum absolute atomic E-state index is 0.106. The fourth-order valence-electron chi connectivity index (χ4n) is 3.25. The Labute approximate surface area is 138 Å². The van der Waals surface area contributed by atoms with Crippen molar-refractivity contribution in [3.8, 4) is 0 Å². The maximum atomic E-state index is 12.5. The molecule has 1 saturated heterocycles. The summed E-state index contributed by atoms with van der Waals surface area (Å²) < 4.78 is 0. The molecule has 2 N–H and O–H groups in total. The van der Waals surface area contributed by atoms with E-state index < -0.39 is 0 Å². The van der Waals surface area contributed by atoms with Crippen molar-refractivity contribution >= 4 is 5.91 Å². The summed E-state index contributed by atoms with van der Waals surface area (Å²) in [5.41, 5.74) is 2.38. The molecular weight excluding hydrogens is 284 g/mol. The smallest absolute Gasteiger partial charge is 0.221 e. The van der Waals surface area contributed by atoms with Gasteiger partial charge in [0.1, 0.15) is 0 Å². The van der Waals surface area contributed by atoms with Gasteiger partial charge in [-0.05, 0) is 30.5 Å². The predicted molar refractivity (Wildman–Crippen MR) is 93.4 cm³/mol. The summed E-state index contributed by atoms with van der Waals surface area (Å²) in [7, 11) is 0. The van der Waals surface area contributed by atoms with E-state index in [1.165, 1.54) is 11.1 Å². The van der Waals surface area contributed by atoms with Gasteiger partial charge in [0.05, 0.1) is 0 Å². The van der Waals surface area contributed by atoms with Crippen LogP contribution in [0.2, 0.25) is 0 Å². The van der Waals surface area contributed by atoms with Crippen LogP contribution in [-0.4, -0.2) is 25.0 Å². The van der Waals surface area contributed by atoms with E-state index >= 15 is 0 Å². The van der Waals surface area contributed by atoms with Crippen molar-refractivity contribution in [3.05, 3.63) is 71.8 Å². The summed E-state index contributed by atoms with van der Waals surface area (Å²) >= 11 is 0. The first-order valence-electron chi connectivity index (χ1n) is 8.43. The lowest BCUT2D eigenvalue weighted by molar-refractivity contribution is -0.122. The molecule has 2 aromatic rings. The maximum Gasteiger partial charge on any atom is 0.221 e. The van der Waals surface area contributed by atoms with E-state index in [1.54, 1.807) is 0 Å². The normalized spacial score (nSPS) is 17.9. The fraction of sp³-hybridized carbons (Fsp3) is 0.350. The largest absolute Gasteiger partial charge is 0.352 e. The van der Waals surface area contributed by atoms with Crippen LogP contribution in [0, 0.1) is 0 Å². The van der Waals surface area contributed by atoms with Crippen molar-refractivity contribution in [2.75, 3.05) is 13.1 Å². The maximum absolute atomic E-state index is 12.5. The van der Waals surface area contributed by atoms with Gasteiger partial charge in [0, 0.05) is 24.9 Å². The zero-order valence-corrected chi connectivity index (χ0v) is 13.4. The molecule has 23 heavy (non-hydrogen) atoms. The summed E-state index contributed by atoms with van der Waals surface area (Å²) in [6.45, 7) is 1.94. The fourth-order valence-corrected chi connectivity index (χ4v) is 3.25. The number of carbonyl (C=O) groups is 1. The highest BCUT2D eigenvalue weighted by Gasteiger charge is 2.21. The number of rotatable bonds is 5. The second-order valence-corrected chi connectivity index (χ2v) is 6.19. The van der Waals surface area contributed by atoms with Crippen molar-refractivity contribution in [2.45, 2.75) is 31.2 Å². The minimum atomic E-state index is 0.106. The van der Waals surface area contributed by atoms with Gasteiger partial charge in [0.2, 0.25) is 5.91 Å². The molecule has 3 heteroatoms. The third-order valence-corrected chi connectivity index (χ3v) is 4.46. The van der Waals surface area contributed by atoms with Crippen molar-refractivity contribution in [2.24, 2.45) is 0 Å². The number of nitrogens with one attached hydrogen (secondary N) is 2. The number of hydrogen-bond donors (Lipinski definition) is 2. The molecule has 3 rings (SSSR count). The average molecular weight is 308 g/mol. The third kappa shape index (κ3) is 4.42. The van der Waals surface area contributed by atoms with Crippen LogP contribution < -0.4 is 10.6 Å². The molecular formula is C20H24N2O. The summed E-state index contributed by atoms with van der Waals surface area (Å²) in [6.07, 6.45) is 2.69. The highest BCUT2D eigenvalue weighted by molar-refractivity contribution is 5.78. The molecule has 120 valence electrons. The third-order valence-electron chi connectivity index (χ3n) is 4.46. The van der Waals surface area contributed by atoms with Crippen LogP contribution in [0.5, 0.6) is 0 Å². The molecule has 0 spiro atoms. The number of benzene rings is 2. The summed E-state index contributed by atoms with van der Waals surface area (Å²) in [4.78, 5) is 12.5. The molecule has 0 radical (unpaired) electrons. The highest BCUT2D eigenvalue weighted by Crippen LogP contribution is 2.27. The van der Waals surface area contributed by atoms with E-state index in [2.05, 4.69) is 34.9 Å². The molecule has 1 aliphatic heterocycles. The van der Waals surface area contributed by atoms with Gasteiger partial charge in [-0.2, -0.15) is 0 Å². The monoisotopic (exact) mass is 308 g/mol. The van der Waals surface area contributed by atoms with Gasteiger partial charge in [0.15, 0.2) is 0 Å². The first kappa shape index (κ1) is 15.8. The van der Waals surface area contributed by atoms with Gasteiger partial charge in [-0.25, -0.2) is 0 Å². The lowest BCUT2D eigenvalue weighted by Gasteiger charge is -2.25. The summed E-state index contributed by atoms with van der Waals surface area (Å²) in [5.74, 6) is 0.241. The predicted octanol–water partition coefficient (Wildman–Crippen LogP) is 3.08. The Morgan fingerprint density at radius 2 is 1.65 bits per heavy atom. The molecule has 1 aliphatic rings. The van der Waals surface area contributed by atoms with Crippen molar-refractivity contribution in [1.29, 1.82) is 0 Å². The van der Waals surface area contributed by atoms with E-state index in [0.29, 0.717) is 6.42 Å². The van der Waals surface area contributed by atoms with Crippen molar-refractivity contribution < 1.29 is 4.79 Å². The summed E-state index contributed by atoms with van der Waals surface area (Å²) in [5, 5.41) is 6.53. The van der Waals surface area contributed by atoms with E-state index in [9.17, 15) is 4.79 Å². The average Bonchev–Trinajstić information content (AvgIpc) is 2.62. The van der Waals surface area contributed by atoms with Crippen LogP contribution in [0.25, 0.3) is 0 Å². The Hall–Kier alpha value is -2.13. The molecule has 0 bridgehead atoms. The number of hydrogen-bond acceptors (Lipinski definition) is 2. The minimum Gasteiger partial charge on any atom is -0.352 e. The molecule has 1 unspecified atom stereocenters. The number of piperidine rings is 1. The Kier molecular flexibility index (Phi) is 5.43. The molecule has 0 saturated carbocycles. The lowest BCUT2D eigenvalue weighted by atomic mass is 9.88. The van der Waals surface area contributed by atoms with E-state index in [1.807, 2.05) is 36.4 Å². The zero-order valence-electron chi connectivity index (χ0n) is 13.4. The molecule has 1 amide bonds. The van der Waals surface area contributed by atoms with Gasteiger partial charge >= 0.3 is 0 Å². The number of amides is 1. The van der Waals surface area contributed by atoms with Crippen LogP contribution >= 0.6 is 0 Å². The molecule has 3 nitrogen and oxygen atoms in total. The van der Waals surface area contributed by atoms with Crippen LogP contribution in [-0.2, 0) is 4.79 Å². The molecule has 1 fully saturated rings. The van der Waals surface area contributed by atoms with Gasteiger partial charge in [-0.1, -0.05) is 60.7 Å². The van der Waals surface area contributed by atoms with Gasteiger partial charge in [-0.3, -0.25) is 4.79 Å². The first-order chi connectivity index (χ1) is 11.3. The Bertz CT molecular complexity index is 567. The van der Waals surface area contributed by atoms with Crippen molar-refractivity contribution in [1.82, 2.24) is 10.6 Å². The molecule has 1 atom stereocenters. The molecule has 0 aliphatic carbocycles. The Balaban J connectivity index is 1.72. The lowest BCUT2D eigenvalue weighted by Crippen LogP contribution is -2.45. The van der Waals surface area contributed by atoms with Gasteiger partial charge in [-0.15, -0.1) is 0 Å². The van der Waals surface area contributed by atoms with Crippen LogP contribution in [0.3, 0.4) is 0 Å². The van der Waals surface area contributed by atoms with Crippen LogP contribution in [0.4, 0.5) is 0 Å². The van der Waals surface area contributed by atoms with Crippen molar-refractivity contribution in [3.63, 3.8) is 0 Å². The summed E-state index contributed by atoms with van der Waals surface area (Å²) in [6, 6.07) is 20.9. The van der Waals surface area contributed by atoms with E-state index in [0.717, 1.165) is 25.9 Å². The van der Waals surface area contributed by atoms with Crippen LogP contribution in [0.15, 0.2) is 60.7 Å². The highest BCUT2D eigenvalue weighted by atomic mass is 16.1. The Morgan fingerprint density at radius 1 is 1.04 bits per heavy atom. The molecule has 1 heterocycles. The van der Waals surface area contributed by atoms with Crippen LogP contribution in [0.1, 0.15) is 36.3 Å². The topological polar surface area (TPSA) is 41.1 Å². The standard InChI is InChI=1S/C20H24N2O/c23-20(22-18-12-7-13-21-15-18)14-19(16-8-3-1-4-9-16)17-10-5-2-6-11-17/h1-6,8-11,18-19,21H,7,12-15H2,(H,22,23). The first-order valence-corrected chi connectivity index (χ1v) is 8.43. The second-order valence-electron chi connectivity index (χ2n) is 6.19. The SMILES string of the molecule is O=C(CC(c1ccccc1)c1ccccc1)NC1CCCNC1. The van der Waals surface area contributed by atoms with Gasteiger partial charge < -0.3 is 10.6 Å². The van der Waals surface area contributed by atoms with E-state index in [-0.39, 0.29) is 17.9 Å². The molecule has 0 aromatic heterocycles. The Morgan fingerprint density at radius 3 is 2.17 bits per heavy atom. The molecule has 2 aromatic carbocycles. The van der Waals surface area contributed by atoms with Gasteiger partial charge in [0.25, 0.3) is 0 Å². The van der Waals surface area contributed by atoms with E-state index in [4.69, 9.17) is 0 Å². The zero-order chi connectivity index (χ0) is 15.9. The quantitative estimate of drug-likeness (QED) is 0.891. The second kappa shape index (κ2) is 7.93. The number of carbonyl (C=O) groups excluding carboxylic acids is 1.